The molecule has 1 unspecified atom stereocenters. The topological polar surface area (TPSA) is 95.4 Å². The number of nitrogens with one attached hydrogen (secondary N) is 2. The number of nitrogens with zero attached hydrogens (tertiary/aromatic N) is 4. The van der Waals surface area contributed by atoms with E-state index in [1.807, 2.05) is 36.2 Å². The quantitative estimate of drug-likeness (QED) is 0.680. The molecular weight excluding hydrogens is 380 g/mol. The molecule has 2 aliphatic rings. The van der Waals surface area contributed by atoms with Gasteiger partial charge in [0.05, 0.1) is 23.5 Å². The molecule has 156 valence electrons. The summed E-state index contributed by atoms with van der Waals surface area (Å²) in [6, 6.07) is 5.97. The molecule has 1 aliphatic carbocycles. The van der Waals surface area contributed by atoms with Crippen molar-refractivity contribution in [1.29, 1.82) is 0 Å². The van der Waals surface area contributed by atoms with Crippen molar-refractivity contribution < 1.29 is 9.59 Å². The van der Waals surface area contributed by atoms with Gasteiger partial charge >= 0.3 is 0 Å². The summed E-state index contributed by atoms with van der Waals surface area (Å²) in [6.07, 6.45) is 8.88. The summed E-state index contributed by atoms with van der Waals surface area (Å²) in [7, 11) is 0. The summed E-state index contributed by atoms with van der Waals surface area (Å²) in [6.45, 7) is 3.58. The number of amides is 2. The molecule has 0 aromatic carbocycles. The van der Waals surface area contributed by atoms with Gasteiger partial charge in [-0.15, -0.1) is 0 Å². The number of aryl methyl sites for hydroxylation is 1. The third kappa shape index (κ3) is 3.36. The first kappa shape index (κ1) is 18.8. The fraction of sp³-hybridized carbons (Fsp3) is 0.455. The minimum absolute atomic E-state index is 0.0637. The van der Waals surface area contributed by atoms with Gasteiger partial charge in [-0.25, -0.2) is 9.50 Å². The molecular formula is C22H26N6O2. The van der Waals surface area contributed by atoms with Crippen LogP contribution in [0.3, 0.4) is 0 Å². The molecule has 2 fully saturated rings. The Kier molecular flexibility index (Phi) is 4.77. The third-order valence-electron chi connectivity index (χ3n) is 6.55. The van der Waals surface area contributed by atoms with Crippen molar-refractivity contribution in [2.75, 3.05) is 13.1 Å². The minimum Gasteiger partial charge on any atom is -0.348 e. The highest BCUT2D eigenvalue weighted by atomic mass is 16.2. The summed E-state index contributed by atoms with van der Waals surface area (Å²) in [5, 5.41) is 7.38. The normalized spacial score (nSPS) is 23.5. The van der Waals surface area contributed by atoms with Crippen LogP contribution in [0.5, 0.6) is 0 Å². The molecule has 2 N–H and O–H groups in total. The molecule has 1 saturated carbocycles. The number of imidazole rings is 1. The van der Waals surface area contributed by atoms with Gasteiger partial charge in [0.25, 0.3) is 11.8 Å². The van der Waals surface area contributed by atoms with E-state index in [9.17, 15) is 9.59 Å². The van der Waals surface area contributed by atoms with Gasteiger partial charge in [0.1, 0.15) is 11.5 Å². The number of aromatic nitrogens is 4. The van der Waals surface area contributed by atoms with E-state index in [1.165, 1.54) is 0 Å². The average molecular weight is 406 g/mol. The van der Waals surface area contributed by atoms with Crippen molar-refractivity contribution in [2.24, 2.45) is 11.8 Å². The largest absolute Gasteiger partial charge is 0.348 e. The maximum Gasteiger partial charge on any atom is 0.269 e. The Morgan fingerprint density at radius 3 is 2.90 bits per heavy atom. The number of rotatable bonds is 5. The minimum atomic E-state index is -0.0815. The molecule has 3 aromatic heterocycles. The van der Waals surface area contributed by atoms with Gasteiger partial charge in [-0.2, -0.15) is 5.10 Å². The molecule has 0 spiro atoms. The van der Waals surface area contributed by atoms with Crippen LogP contribution in [-0.4, -0.2) is 55.4 Å². The van der Waals surface area contributed by atoms with E-state index < -0.39 is 0 Å². The summed E-state index contributed by atoms with van der Waals surface area (Å²) in [4.78, 5) is 34.5. The molecule has 4 heterocycles. The zero-order valence-corrected chi connectivity index (χ0v) is 17.0. The van der Waals surface area contributed by atoms with Crippen LogP contribution in [-0.2, 0) is 6.42 Å². The lowest BCUT2D eigenvalue weighted by atomic mass is 9.72. The molecule has 8 nitrogen and oxygen atoms in total. The Balaban J connectivity index is 1.14. The molecule has 30 heavy (non-hydrogen) atoms. The molecule has 1 atom stereocenters. The lowest BCUT2D eigenvalue weighted by Gasteiger charge is -2.39. The maximum absolute atomic E-state index is 13.0. The molecule has 5 rings (SSSR count). The zero-order valence-electron chi connectivity index (χ0n) is 17.0. The fourth-order valence-corrected chi connectivity index (χ4v) is 4.71. The summed E-state index contributed by atoms with van der Waals surface area (Å²) < 4.78 is 1.74. The van der Waals surface area contributed by atoms with Crippen LogP contribution in [0.25, 0.3) is 5.52 Å². The van der Waals surface area contributed by atoms with Crippen molar-refractivity contribution in [3.05, 3.63) is 53.9 Å². The van der Waals surface area contributed by atoms with Crippen LogP contribution in [0.4, 0.5) is 0 Å². The second kappa shape index (κ2) is 7.59. The van der Waals surface area contributed by atoms with Crippen LogP contribution >= 0.6 is 0 Å². The van der Waals surface area contributed by atoms with E-state index in [2.05, 4.69) is 20.4 Å². The van der Waals surface area contributed by atoms with Gasteiger partial charge in [-0.1, -0.05) is 13.0 Å². The first-order valence-corrected chi connectivity index (χ1v) is 10.7. The Morgan fingerprint density at radius 1 is 1.23 bits per heavy atom. The highest BCUT2D eigenvalue weighted by Crippen LogP contribution is 2.39. The van der Waals surface area contributed by atoms with Crippen LogP contribution in [0.15, 0.2) is 36.8 Å². The molecule has 0 bridgehead atoms. The zero-order chi connectivity index (χ0) is 20.7. The van der Waals surface area contributed by atoms with Crippen molar-refractivity contribution >= 4 is 17.3 Å². The maximum atomic E-state index is 13.0. The lowest BCUT2D eigenvalue weighted by molar-refractivity contribution is 0.0762. The highest BCUT2D eigenvalue weighted by molar-refractivity contribution is 6.00. The molecule has 3 aromatic rings. The van der Waals surface area contributed by atoms with Gasteiger partial charge in [-0.05, 0) is 43.2 Å². The number of aromatic amines is 1. The number of fused-ring (bicyclic) bond motifs is 1. The Labute approximate surface area is 174 Å². The Morgan fingerprint density at radius 2 is 2.10 bits per heavy atom. The molecule has 8 heteroatoms. The second-order valence-corrected chi connectivity index (χ2v) is 8.39. The number of hydrogen-bond acceptors (Lipinski definition) is 4. The number of hydrogen-bond donors (Lipinski definition) is 2. The lowest BCUT2D eigenvalue weighted by Crippen LogP contribution is -2.47. The van der Waals surface area contributed by atoms with E-state index >= 15 is 0 Å². The number of carbonyl (C=O) groups excluding carboxylic acids is 2. The van der Waals surface area contributed by atoms with E-state index in [-0.39, 0.29) is 17.9 Å². The summed E-state index contributed by atoms with van der Waals surface area (Å²) in [5.74, 6) is 1.87. The first-order valence-electron chi connectivity index (χ1n) is 10.7. The average Bonchev–Trinajstić information content (AvgIpc) is 3.48. The Hall–Kier alpha value is -3.16. The fourth-order valence-electron chi connectivity index (χ4n) is 4.71. The SMILES string of the molecule is CCc1ncc(C(=O)NC2CC(C3CCN(C(=O)c4cnn5ccccc45)C3)C2)[nH]1. The third-order valence-corrected chi connectivity index (χ3v) is 6.55. The summed E-state index contributed by atoms with van der Waals surface area (Å²) in [5.41, 5.74) is 2.05. The van der Waals surface area contributed by atoms with Gasteiger partial charge in [0, 0.05) is 31.7 Å². The molecule has 1 saturated heterocycles. The summed E-state index contributed by atoms with van der Waals surface area (Å²) >= 11 is 0. The predicted octanol–water partition coefficient (Wildman–Crippen LogP) is 2.29. The van der Waals surface area contributed by atoms with Gasteiger partial charge in [0.2, 0.25) is 0 Å². The van der Waals surface area contributed by atoms with Gasteiger partial charge < -0.3 is 15.2 Å². The smallest absolute Gasteiger partial charge is 0.269 e. The first-order chi connectivity index (χ1) is 14.6. The van der Waals surface area contributed by atoms with Crippen molar-refractivity contribution in [3.8, 4) is 0 Å². The second-order valence-electron chi connectivity index (χ2n) is 8.39. The Bertz CT molecular complexity index is 1080. The van der Waals surface area contributed by atoms with Gasteiger partial charge in [0.15, 0.2) is 0 Å². The monoisotopic (exact) mass is 406 g/mol. The number of pyridine rings is 1. The molecule has 2 amide bonds. The van der Waals surface area contributed by atoms with E-state index in [0.29, 0.717) is 23.1 Å². The van der Waals surface area contributed by atoms with E-state index in [1.54, 1.807) is 16.9 Å². The molecule has 1 aliphatic heterocycles. The predicted molar refractivity (Wildman–Crippen MR) is 111 cm³/mol. The van der Waals surface area contributed by atoms with Crippen molar-refractivity contribution in [2.45, 2.75) is 38.6 Å². The van der Waals surface area contributed by atoms with Crippen molar-refractivity contribution in [1.82, 2.24) is 29.8 Å². The van der Waals surface area contributed by atoms with Crippen LogP contribution in [0, 0.1) is 11.8 Å². The number of likely N-dealkylation sites (tertiary alicyclic amines) is 1. The van der Waals surface area contributed by atoms with Gasteiger partial charge in [-0.3, -0.25) is 9.59 Å². The standard InChI is InChI=1S/C22H26N6O2/c1-2-20-23-12-18(26-20)21(29)25-16-9-15(10-16)14-6-8-27(13-14)22(30)17-11-24-28-7-4-3-5-19(17)28/h3-5,7,11-12,14-16H,2,6,8-10,13H2,1H3,(H,23,26)(H,25,29). The van der Waals surface area contributed by atoms with Crippen molar-refractivity contribution in [3.63, 3.8) is 0 Å². The van der Waals surface area contributed by atoms with Crippen LogP contribution in [0.1, 0.15) is 52.9 Å². The number of carbonyl (C=O) groups is 2. The van der Waals surface area contributed by atoms with E-state index in [4.69, 9.17) is 0 Å². The van der Waals surface area contributed by atoms with Crippen LogP contribution < -0.4 is 5.32 Å². The van der Waals surface area contributed by atoms with Crippen LogP contribution in [0.2, 0.25) is 0 Å². The highest BCUT2D eigenvalue weighted by Gasteiger charge is 2.40. The number of H-pyrrole nitrogens is 1. The molecule has 0 radical (unpaired) electrons. The van der Waals surface area contributed by atoms with E-state index in [0.717, 1.165) is 50.1 Å².